The van der Waals surface area contributed by atoms with Crippen molar-refractivity contribution in [1.82, 2.24) is 5.06 Å². The second-order valence-electron chi connectivity index (χ2n) is 9.44. The van der Waals surface area contributed by atoms with Crippen LogP contribution < -0.4 is 0 Å². The molecular weight excluding hydrogens is 382 g/mol. The highest BCUT2D eigenvalue weighted by atomic mass is 16.6. The molecule has 0 aromatic rings. The number of carbonyl (C=O) groups excluding carboxylic acids is 1. The number of aliphatic hydroxyl groups excluding tert-OH is 1. The molecule has 0 bridgehead atoms. The summed E-state index contributed by atoms with van der Waals surface area (Å²) in [7, 11) is 0. The van der Waals surface area contributed by atoms with Crippen molar-refractivity contribution < 1.29 is 24.6 Å². The largest absolute Gasteiger partial charge is 0.463 e. The zero-order valence-corrected chi connectivity index (χ0v) is 19.8. The number of nitrogens with zero attached hydrogens (tertiary/aromatic N) is 1. The molecule has 30 heavy (non-hydrogen) atoms. The number of hydroxylamine groups is 2. The Hall–Kier alpha value is -0.690. The van der Waals surface area contributed by atoms with Crippen molar-refractivity contribution in [1.29, 1.82) is 0 Å². The van der Waals surface area contributed by atoms with Crippen LogP contribution >= 0.6 is 0 Å². The number of unbranched alkanes of at least 4 members (excludes halogenated alkanes) is 10. The summed E-state index contributed by atoms with van der Waals surface area (Å²) in [6.45, 7) is 6.58. The van der Waals surface area contributed by atoms with E-state index < -0.39 is 11.3 Å². The minimum absolute atomic E-state index is 0.0401. The van der Waals surface area contributed by atoms with Gasteiger partial charge in [0.2, 0.25) is 0 Å². The molecule has 0 aromatic carbocycles. The van der Waals surface area contributed by atoms with Gasteiger partial charge in [-0.05, 0) is 39.5 Å². The zero-order valence-electron chi connectivity index (χ0n) is 19.8. The van der Waals surface area contributed by atoms with Crippen LogP contribution in [0.5, 0.6) is 0 Å². The fraction of sp³-hybridized carbons (Fsp3) is 0.958. The van der Waals surface area contributed by atoms with Gasteiger partial charge in [-0.15, -0.1) is 0 Å². The molecule has 6 nitrogen and oxygen atoms in total. The van der Waals surface area contributed by atoms with E-state index in [1.54, 1.807) is 0 Å². The van der Waals surface area contributed by atoms with Crippen LogP contribution in [0.4, 0.5) is 0 Å². The Morgan fingerprint density at radius 3 is 1.97 bits per heavy atom. The van der Waals surface area contributed by atoms with E-state index in [1.807, 2.05) is 13.8 Å². The Balaban J connectivity index is 2.29. The van der Waals surface area contributed by atoms with E-state index in [0.717, 1.165) is 19.3 Å². The Bertz CT molecular complexity index is 457. The van der Waals surface area contributed by atoms with E-state index >= 15 is 0 Å². The smallest absolute Gasteiger partial charge is 0.305 e. The summed E-state index contributed by atoms with van der Waals surface area (Å²) in [5.41, 5.74) is -1.13. The first-order chi connectivity index (χ1) is 14.4. The first-order valence-corrected chi connectivity index (χ1v) is 12.3. The Labute approximate surface area is 184 Å². The van der Waals surface area contributed by atoms with E-state index in [0.29, 0.717) is 19.4 Å². The van der Waals surface area contributed by atoms with Crippen LogP contribution in [0.25, 0.3) is 0 Å². The van der Waals surface area contributed by atoms with Crippen LogP contribution in [0, 0.1) is 0 Å². The lowest BCUT2D eigenvalue weighted by atomic mass is 9.95. The monoisotopic (exact) mass is 429 g/mol. The first-order valence-electron chi connectivity index (χ1n) is 12.3. The second kappa shape index (κ2) is 15.2. The van der Waals surface area contributed by atoms with Crippen LogP contribution in [0.1, 0.15) is 117 Å². The highest BCUT2D eigenvalue weighted by Crippen LogP contribution is 2.40. The van der Waals surface area contributed by atoms with Gasteiger partial charge in [0.05, 0.1) is 18.8 Å². The van der Waals surface area contributed by atoms with Crippen molar-refractivity contribution in [2.24, 2.45) is 0 Å². The van der Waals surface area contributed by atoms with Crippen LogP contribution in [-0.4, -0.2) is 52.4 Å². The molecule has 1 heterocycles. The summed E-state index contributed by atoms with van der Waals surface area (Å²) < 4.78 is 11.0. The van der Waals surface area contributed by atoms with Crippen LogP contribution in [0.2, 0.25) is 0 Å². The number of aliphatic hydroxyl groups is 1. The minimum atomic E-state index is -0.708. The normalized spacial score (nSPS) is 21.2. The third kappa shape index (κ3) is 10.1. The fourth-order valence-electron chi connectivity index (χ4n) is 4.27. The predicted molar refractivity (Wildman–Crippen MR) is 119 cm³/mol. The minimum Gasteiger partial charge on any atom is -0.463 e. The highest BCUT2D eigenvalue weighted by Gasteiger charge is 2.50. The highest BCUT2D eigenvalue weighted by molar-refractivity contribution is 5.69. The van der Waals surface area contributed by atoms with Gasteiger partial charge in [-0.1, -0.05) is 71.1 Å². The lowest BCUT2D eigenvalue weighted by molar-refractivity contribution is -0.256. The molecule has 0 radical (unpaired) electrons. The van der Waals surface area contributed by atoms with Crippen molar-refractivity contribution in [2.75, 3.05) is 19.8 Å². The first kappa shape index (κ1) is 27.3. The molecule has 178 valence electrons. The molecule has 1 saturated heterocycles. The molecule has 1 rings (SSSR count). The van der Waals surface area contributed by atoms with Gasteiger partial charge in [0, 0.05) is 6.42 Å². The third-order valence-corrected chi connectivity index (χ3v) is 6.13. The number of hydrogen-bond acceptors (Lipinski definition) is 6. The molecule has 0 saturated carbocycles. The molecule has 0 amide bonds. The summed E-state index contributed by atoms with van der Waals surface area (Å²) >= 11 is 0. The van der Waals surface area contributed by atoms with Crippen molar-refractivity contribution in [2.45, 2.75) is 128 Å². The molecule has 2 N–H and O–H groups in total. The molecule has 6 heteroatoms. The zero-order chi connectivity index (χ0) is 22.3. The average molecular weight is 430 g/mol. The maximum Gasteiger partial charge on any atom is 0.305 e. The molecule has 0 aliphatic carbocycles. The van der Waals surface area contributed by atoms with Gasteiger partial charge >= 0.3 is 5.97 Å². The molecule has 1 aliphatic heterocycles. The van der Waals surface area contributed by atoms with Gasteiger partial charge in [0.1, 0.15) is 12.3 Å². The summed E-state index contributed by atoms with van der Waals surface area (Å²) in [6.07, 6.45) is 16.4. The number of hydrogen-bond donors (Lipinski definition) is 2. The molecule has 1 atom stereocenters. The fourth-order valence-corrected chi connectivity index (χ4v) is 4.27. The summed E-state index contributed by atoms with van der Waals surface area (Å²) in [4.78, 5) is 11.7. The SMILES string of the molecule is CCCCCCCCCCCCCC1(CCCC(=O)OCCO)OCC(C)(C)N1O. The lowest BCUT2D eigenvalue weighted by Crippen LogP contribution is -2.50. The summed E-state index contributed by atoms with van der Waals surface area (Å²) in [5.74, 6) is -0.310. The number of rotatable bonds is 18. The van der Waals surface area contributed by atoms with Crippen molar-refractivity contribution in [3.05, 3.63) is 0 Å². The van der Waals surface area contributed by atoms with Crippen molar-refractivity contribution in [3.8, 4) is 0 Å². The lowest BCUT2D eigenvalue weighted by Gasteiger charge is -2.37. The number of carbonyl (C=O) groups is 1. The Kier molecular flexibility index (Phi) is 13.8. The van der Waals surface area contributed by atoms with Gasteiger partial charge in [0.25, 0.3) is 0 Å². The molecule has 1 unspecified atom stereocenters. The standard InChI is InChI=1S/C24H47NO5/c1-4-5-6-7-8-9-10-11-12-13-14-17-24(25(28)23(2,3)21-30-24)18-15-16-22(27)29-20-19-26/h26,28H,4-21H2,1-3H3. The van der Waals surface area contributed by atoms with Gasteiger partial charge in [0.15, 0.2) is 0 Å². The second-order valence-corrected chi connectivity index (χ2v) is 9.44. The Morgan fingerprint density at radius 2 is 1.47 bits per heavy atom. The van der Waals surface area contributed by atoms with Crippen molar-refractivity contribution in [3.63, 3.8) is 0 Å². The summed E-state index contributed by atoms with van der Waals surface area (Å²) in [6, 6.07) is 0. The predicted octanol–water partition coefficient (Wildman–Crippen LogP) is 5.59. The number of esters is 1. The van der Waals surface area contributed by atoms with E-state index in [4.69, 9.17) is 14.6 Å². The molecular formula is C24H47NO5. The maximum atomic E-state index is 11.7. The molecule has 1 fully saturated rings. The third-order valence-electron chi connectivity index (χ3n) is 6.13. The van der Waals surface area contributed by atoms with Gasteiger partial charge in [-0.25, -0.2) is 0 Å². The molecule has 0 aromatic heterocycles. The topological polar surface area (TPSA) is 79.2 Å². The van der Waals surface area contributed by atoms with Gasteiger partial charge in [-0.3, -0.25) is 4.79 Å². The quantitative estimate of drug-likeness (QED) is 0.218. The maximum absolute atomic E-state index is 11.7. The molecule has 0 spiro atoms. The Morgan fingerprint density at radius 1 is 0.933 bits per heavy atom. The van der Waals surface area contributed by atoms with E-state index in [9.17, 15) is 10.0 Å². The number of ether oxygens (including phenoxy) is 2. The van der Waals surface area contributed by atoms with Gasteiger partial charge in [-0.2, -0.15) is 5.06 Å². The average Bonchev–Trinajstić information content (AvgIpc) is 2.95. The van der Waals surface area contributed by atoms with E-state index in [1.165, 1.54) is 62.9 Å². The van der Waals surface area contributed by atoms with E-state index in [2.05, 4.69) is 6.92 Å². The van der Waals surface area contributed by atoms with Crippen molar-refractivity contribution >= 4 is 5.97 Å². The van der Waals surface area contributed by atoms with Gasteiger partial charge < -0.3 is 19.8 Å². The van der Waals surface area contributed by atoms with Crippen LogP contribution in [-0.2, 0) is 14.3 Å². The summed E-state index contributed by atoms with van der Waals surface area (Å²) in [5, 5.41) is 20.9. The molecule has 1 aliphatic rings. The van der Waals surface area contributed by atoms with E-state index in [-0.39, 0.29) is 25.6 Å². The van der Waals surface area contributed by atoms with Crippen LogP contribution in [0.3, 0.4) is 0 Å². The van der Waals surface area contributed by atoms with Crippen LogP contribution in [0.15, 0.2) is 0 Å².